The van der Waals surface area contributed by atoms with Crippen LogP contribution in [0.2, 0.25) is 0 Å². The van der Waals surface area contributed by atoms with E-state index in [0.717, 1.165) is 25.3 Å². The van der Waals surface area contributed by atoms with Gasteiger partial charge in [-0.15, -0.1) is 11.3 Å². The standard InChI is InChI=1S/C26H27F3N4O2S/c1-35-25-30-12-19(13-31-25)22-15-36-23(32-22)11-16-6-7-20(21(10-16)26(27,28)29)24(34)33-9-8-17-4-2-3-5-18(17)14-33/h6-7,10,12-13,15,17-18H,2-5,8-9,11,14H2,1H3. The quantitative estimate of drug-likeness (QED) is 0.424. The van der Waals surface area contributed by atoms with Gasteiger partial charge in [0, 0.05) is 42.8 Å². The number of aromatic nitrogens is 3. The number of carbonyl (C=O) groups is 1. The van der Waals surface area contributed by atoms with Gasteiger partial charge in [0.15, 0.2) is 0 Å². The van der Waals surface area contributed by atoms with Crippen molar-refractivity contribution >= 4 is 17.2 Å². The van der Waals surface area contributed by atoms with Crippen LogP contribution < -0.4 is 4.74 Å². The van der Waals surface area contributed by atoms with Crippen molar-refractivity contribution in [3.05, 3.63) is 57.7 Å². The second-order valence-electron chi connectivity index (χ2n) is 9.48. The van der Waals surface area contributed by atoms with Crippen molar-refractivity contribution in [1.29, 1.82) is 0 Å². The molecule has 0 radical (unpaired) electrons. The number of piperidine rings is 1. The highest BCUT2D eigenvalue weighted by Crippen LogP contribution is 2.38. The van der Waals surface area contributed by atoms with Gasteiger partial charge in [0.05, 0.1) is 28.9 Å². The Morgan fingerprint density at radius 3 is 2.61 bits per heavy atom. The Labute approximate surface area is 211 Å². The van der Waals surface area contributed by atoms with Crippen molar-refractivity contribution in [3.63, 3.8) is 0 Å². The van der Waals surface area contributed by atoms with E-state index in [1.54, 1.807) is 23.4 Å². The summed E-state index contributed by atoms with van der Waals surface area (Å²) in [6.07, 6.45) is 4.22. The minimum absolute atomic E-state index is 0.229. The minimum Gasteiger partial charge on any atom is -0.467 e. The first-order valence-corrected chi connectivity index (χ1v) is 13.0. The Kier molecular flexibility index (Phi) is 6.96. The number of carbonyl (C=O) groups excluding carboxylic acids is 1. The maximum atomic E-state index is 14.0. The summed E-state index contributed by atoms with van der Waals surface area (Å²) in [6, 6.07) is 4.27. The molecule has 1 aliphatic carbocycles. The Bertz CT molecular complexity index is 1230. The zero-order valence-corrected chi connectivity index (χ0v) is 20.7. The average molecular weight is 517 g/mol. The number of benzene rings is 1. The molecule has 2 fully saturated rings. The van der Waals surface area contributed by atoms with Crippen LogP contribution in [0.5, 0.6) is 6.01 Å². The summed E-state index contributed by atoms with van der Waals surface area (Å²) < 4.78 is 47.1. The van der Waals surface area contributed by atoms with Crippen LogP contribution in [0, 0.1) is 11.8 Å². The van der Waals surface area contributed by atoms with Crippen LogP contribution in [-0.4, -0.2) is 46.0 Å². The molecule has 1 saturated carbocycles. The third kappa shape index (κ3) is 5.23. The lowest BCUT2D eigenvalue weighted by molar-refractivity contribution is -0.138. The van der Waals surface area contributed by atoms with Gasteiger partial charge < -0.3 is 9.64 Å². The third-order valence-electron chi connectivity index (χ3n) is 7.21. The van der Waals surface area contributed by atoms with Crippen LogP contribution in [0.25, 0.3) is 11.3 Å². The Hall–Kier alpha value is -3.01. The van der Waals surface area contributed by atoms with Gasteiger partial charge in [-0.1, -0.05) is 25.3 Å². The first-order valence-electron chi connectivity index (χ1n) is 12.1. The molecule has 2 aromatic heterocycles. The van der Waals surface area contributed by atoms with Crippen LogP contribution in [0.4, 0.5) is 13.2 Å². The second kappa shape index (κ2) is 10.2. The molecule has 6 nitrogen and oxygen atoms in total. The van der Waals surface area contributed by atoms with E-state index in [9.17, 15) is 18.0 Å². The topological polar surface area (TPSA) is 68.2 Å². The van der Waals surface area contributed by atoms with Crippen LogP contribution in [0.1, 0.15) is 58.6 Å². The van der Waals surface area contributed by atoms with Crippen LogP contribution in [0.15, 0.2) is 36.0 Å². The van der Waals surface area contributed by atoms with Crippen LogP contribution in [0.3, 0.4) is 0 Å². The van der Waals surface area contributed by atoms with Gasteiger partial charge in [0.2, 0.25) is 0 Å². The molecular weight excluding hydrogens is 489 g/mol. The molecule has 0 spiro atoms. The molecule has 1 aliphatic heterocycles. The smallest absolute Gasteiger partial charge is 0.417 e. The van der Waals surface area contributed by atoms with Gasteiger partial charge >= 0.3 is 12.2 Å². The number of likely N-dealkylation sites (tertiary alicyclic amines) is 1. The number of alkyl halides is 3. The van der Waals surface area contributed by atoms with E-state index in [1.165, 1.54) is 37.4 Å². The lowest BCUT2D eigenvalue weighted by Gasteiger charge is -2.41. The molecule has 10 heteroatoms. The van der Waals surface area contributed by atoms with Crippen LogP contribution >= 0.6 is 11.3 Å². The van der Waals surface area contributed by atoms with Crippen molar-refractivity contribution in [2.45, 2.75) is 44.7 Å². The molecular formula is C26H27F3N4O2S. The Balaban J connectivity index is 1.34. The van der Waals surface area contributed by atoms with E-state index < -0.39 is 17.6 Å². The maximum Gasteiger partial charge on any atom is 0.417 e. The zero-order chi connectivity index (χ0) is 25.3. The third-order valence-corrected chi connectivity index (χ3v) is 8.06. The molecule has 2 atom stereocenters. The van der Waals surface area contributed by atoms with E-state index >= 15 is 0 Å². The van der Waals surface area contributed by atoms with Gasteiger partial charge in [-0.25, -0.2) is 15.0 Å². The first kappa shape index (κ1) is 24.7. The maximum absolute atomic E-state index is 14.0. The van der Waals surface area contributed by atoms with Crippen molar-refractivity contribution in [2.75, 3.05) is 20.2 Å². The van der Waals surface area contributed by atoms with Gasteiger partial charge in [-0.3, -0.25) is 4.79 Å². The predicted octanol–water partition coefficient (Wildman–Crippen LogP) is 5.87. The monoisotopic (exact) mass is 516 g/mol. The number of nitrogens with zero attached hydrogens (tertiary/aromatic N) is 4. The average Bonchev–Trinajstić information content (AvgIpc) is 3.36. The molecule has 36 heavy (non-hydrogen) atoms. The van der Waals surface area contributed by atoms with E-state index in [2.05, 4.69) is 15.0 Å². The number of ether oxygens (including phenoxy) is 1. The molecule has 1 saturated heterocycles. The van der Waals surface area contributed by atoms with Crippen molar-refractivity contribution in [2.24, 2.45) is 11.8 Å². The summed E-state index contributed by atoms with van der Waals surface area (Å²) in [6.45, 7) is 1.08. The fourth-order valence-corrected chi connectivity index (χ4v) is 6.17. The number of fused-ring (bicyclic) bond motifs is 1. The summed E-state index contributed by atoms with van der Waals surface area (Å²) >= 11 is 1.35. The fourth-order valence-electron chi connectivity index (χ4n) is 5.33. The number of halogens is 3. The second-order valence-corrected chi connectivity index (χ2v) is 10.4. The molecule has 2 unspecified atom stereocenters. The summed E-state index contributed by atoms with van der Waals surface area (Å²) in [5.74, 6) is 0.481. The summed E-state index contributed by atoms with van der Waals surface area (Å²) in [5, 5.41) is 2.48. The van der Waals surface area contributed by atoms with E-state index in [1.807, 2.05) is 5.38 Å². The predicted molar refractivity (Wildman–Crippen MR) is 130 cm³/mol. The van der Waals surface area contributed by atoms with Crippen molar-refractivity contribution < 1.29 is 22.7 Å². The van der Waals surface area contributed by atoms with Crippen LogP contribution in [-0.2, 0) is 12.6 Å². The lowest BCUT2D eigenvalue weighted by atomic mass is 9.75. The molecule has 190 valence electrons. The first-order chi connectivity index (χ1) is 17.3. The molecule has 1 aromatic carbocycles. The molecule has 3 heterocycles. The molecule has 2 aliphatic rings. The number of thiazole rings is 1. The Morgan fingerprint density at radius 2 is 1.89 bits per heavy atom. The summed E-state index contributed by atoms with van der Waals surface area (Å²) in [5.41, 5.74) is 0.645. The minimum atomic E-state index is -4.63. The van der Waals surface area contributed by atoms with E-state index in [4.69, 9.17) is 4.74 Å². The van der Waals surface area contributed by atoms with Crippen molar-refractivity contribution in [3.8, 4) is 17.3 Å². The van der Waals surface area contributed by atoms with Gasteiger partial charge in [-0.2, -0.15) is 13.2 Å². The summed E-state index contributed by atoms with van der Waals surface area (Å²) in [7, 11) is 1.47. The SMILES string of the molecule is COc1ncc(-c2csc(Cc3ccc(C(=O)N4CCC5CCCCC5C4)c(C(F)(F)F)c3)n2)cn1. The number of hydrogen-bond acceptors (Lipinski definition) is 6. The molecule has 0 N–H and O–H groups in total. The van der Waals surface area contributed by atoms with Gasteiger partial charge in [0.1, 0.15) is 0 Å². The normalized spacial score (nSPS) is 20.2. The van der Waals surface area contributed by atoms with Gasteiger partial charge in [0.25, 0.3) is 5.91 Å². The molecule has 0 bridgehead atoms. The largest absolute Gasteiger partial charge is 0.467 e. The molecule has 1 amide bonds. The number of hydrogen-bond donors (Lipinski definition) is 0. The fraction of sp³-hybridized carbons (Fsp3) is 0.462. The highest BCUT2D eigenvalue weighted by atomic mass is 32.1. The van der Waals surface area contributed by atoms with E-state index in [0.29, 0.717) is 46.8 Å². The number of methoxy groups -OCH3 is 1. The Morgan fingerprint density at radius 1 is 1.14 bits per heavy atom. The number of rotatable bonds is 5. The zero-order valence-electron chi connectivity index (χ0n) is 19.9. The highest BCUT2D eigenvalue weighted by Gasteiger charge is 2.39. The summed E-state index contributed by atoms with van der Waals surface area (Å²) in [4.78, 5) is 27.5. The molecule has 3 aromatic rings. The van der Waals surface area contributed by atoms with Crippen molar-refractivity contribution in [1.82, 2.24) is 19.9 Å². The lowest BCUT2D eigenvalue weighted by Crippen LogP contribution is -2.45. The van der Waals surface area contributed by atoms with E-state index in [-0.39, 0.29) is 18.0 Å². The highest BCUT2D eigenvalue weighted by molar-refractivity contribution is 7.10. The van der Waals surface area contributed by atoms with Gasteiger partial charge in [-0.05, 0) is 42.4 Å². The number of amides is 1. The molecule has 5 rings (SSSR count).